The molecule has 29 heavy (non-hydrogen) atoms. The third kappa shape index (κ3) is 522. The summed E-state index contributed by atoms with van der Waals surface area (Å²) < 4.78 is 0. The van der Waals surface area contributed by atoms with E-state index in [1.807, 2.05) is 0 Å². The first-order valence-corrected chi connectivity index (χ1v) is 3.85. The Hall–Kier alpha value is -4.55. The monoisotopic (exact) mass is 673 g/mol. The molecule has 28 nitrogen and oxygen atoms in total. The van der Waals surface area contributed by atoms with Gasteiger partial charge in [0.15, 0.2) is 0 Å². The van der Waals surface area contributed by atoms with E-state index in [0.717, 1.165) is 0 Å². The van der Waals surface area contributed by atoms with Crippen LogP contribution >= 0.6 is 0 Å². The van der Waals surface area contributed by atoms with Crippen LogP contribution in [0.25, 0.3) is 0 Å². The maximum absolute atomic E-state index is 8.36. The summed E-state index contributed by atoms with van der Waals surface area (Å²) in [5.41, 5.74) is 0. The molecule has 0 aromatic heterocycles. The van der Waals surface area contributed by atoms with Gasteiger partial charge in [0.1, 0.15) is 0 Å². The largest absolute Gasteiger partial charge is 6.00 e. The Morgan fingerprint density at radius 1 is 0.345 bits per heavy atom. The Morgan fingerprint density at radius 2 is 0.345 bits per heavy atom. The summed E-state index contributed by atoms with van der Waals surface area (Å²) in [6.45, 7) is 0. The maximum atomic E-state index is 8.36. The SMILES string of the molecule is O=[N+]([O-])O.O=[N+]([O-])[O-].O=[N+]([O-])[O-].O=[N+]([O-])[O-].O=[N+]([O-])[O-].O=[N+]([O-])[O-].O=[N+]([O-])[O-].[U+6]. The molecule has 0 atom stereocenters. The molecular formula is HN7O21U. The van der Waals surface area contributed by atoms with E-state index >= 15 is 0 Å². The quantitative estimate of drug-likeness (QED) is 0.219. The molecule has 0 spiro atoms. The molecule has 0 radical (unpaired) electrons. The van der Waals surface area contributed by atoms with Gasteiger partial charge in [-0.05, 0) is 0 Å². The van der Waals surface area contributed by atoms with Crippen molar-refractivity contribution in [2.45, 2.75) is 0 Å². The van der Waals surface area contributed by atoms with Crippen LogP contribution in [-0.2, 0) is 0 Å². The molecule has 1 N–H and O–H groups in total. The van der Waals surface area contributed by atoms with Gasteiger partial charge in [-0.3, -0.25) is 0 Å². The van der Waals surface area contributed by atoms with Gasteiger partial charge in [-0.25, -0.2) is 0 Å². The molecule has 0 aliphatic heterocycles. The molecule has 0 heterocycles. The summed E-state index contributed by atoms with van der Waals surface area (Å²) in [6.07, 6.45) is 0. The topological polar surface area (TPSA) is 461 Å². The zero-order valence-corrected chi connectivity index (χ0v) is 16.4. The second kappa shape index (κ2) is 43.7. The van der Waals surface area contributed by atoms with Crippen molar-refractivity contribution in [2.24, 2.45) is 0 Å². The molecule has 0 bridgehead atoms. The summed E-state index contributed by atoms with van der Waals surface area (Å²) in [5.74, 6) is 0. The minimum Gasteiger partial charge on any atom is -0.356 e. The van der Waals surface area contributed by atoms with E-state index in [1.54, 1.807) is 0 Å². The number of hydrogen-bond acceptors (Lipinski definition) is 20. The van der Waals surface area contributed by atoms with Crippen LogP contribution in [0.2, 0.25) is 0 Å². The Balaban J connectivity index is -0.0000000294. The van der Waals surface area contributed by atoms with Crippen LogP contribution in [-0.4, -0.2) is 40.8 Å². The van der Waals surface area contributed by atoms with Crippen LogP contribution in [0.4, 0.5) is 0 Å². The number of rotatable bonds is 0. The normalized spacial score (nSPS) is 5.79. The van der Waals surface area contributed by atoms with E-state index in [2.05, 4.69) is 0 Å². The molecule has 0 saturated carbocycles. The zero-order valence-electron chi connectivity index (χ0n) is 12.2. The third-order valence-electron chi connectivity index (χ3n) is 0. The van der Waals surface area contributed by atoms with E-state index in [-0.39, 0.29) is 31.1 Å². The molecule has 0 rings (SSSR count). The number of nitrogens with zero attached hydrogens (tertiary/aromatic N) is 7. The predicted molar refractivity (Wildman–Crippen MR) is 70.9 cm³/mol. The van der Waals surface area contributed by atoms with Crippen LogP contribution in [0.3, 0.4) is 0 Å². The first-order chi connectivity index (χ1) is 12.1. The van der Waals surface area contributed by atoms with E-state index in [0.29, 0.717) is 0 Å². The Bertz CT molecular complexity index is 308. The van der Waals surface area contributed by atoms with Crippen molar-refractivity contribution >= 4 is 0 Å². The predicted octanol–water partition coefficient (Wildman–Crippen LogP) is -1.78. The van der Waals surface area contributed by atoms with Crippen molar-refractivity contribution in [3.63, 3.8) is 0 Å². The molecule has 166 valence electrons. The second-order valence-corrected chi connectivity index (χ2v) is 1.58. The fourth-order valence-electron chi connectivity index (χ4n) is 0. The Labute approximate surface area is 174 Å². The van der Waals surface area contributed by atoms with E-state index < -0.39 is 35.6 Å². The second-order valence-electron chi connectivity index (χ2n) is 1.58. The minimum atomic E-state index is -1.75. The summed E-state index contributed by atoms with van der Waals surface area (Å²) in [4.78, 5) is 57.9. The summed E-state index contributed by atoms with van der Waals surface area (Å²) in [7, 11) is 0. The van der Waals surface area contributed by atoms with Crippen LogP contribution in [0, 0.1) is 133 Å². The van der Waals surface area contributed by atoms with Crippen molar-refractivity contribution in [3.05, 3.63) is 102 Å². The first-order valence-electron chi connectivity index (χ1n) is 3.85. The molecular weight excluding hydrogens is 672 g/mol. The van der Waals surface area contributed by atoms with Gasteiger partial charge in [-0.1, -0.05) is 0 Å². The summed E-state index contributed by atoms with van der Waals surface area (Å²) in [5, 5.41) is 102. The van der Waals surface area contributed by atoms with Crippen molar-refractivity contribution < 1.29 is 71.9 Å². The van der Waals surface area contributed by atoms with Crippen molar-refractivity contribution in [1.29, 1.82) is 0 Å². The smallest absolute Gasteiger partial charge is 0.356 e. The van der Waals surface area contributed by atoms with Gasteiger partial charge in [0.05, 0.1) is 30.5 Å². The summed E-state index contributed by atoms with van der Waals surface area (Å²) in [6, 6.07) is 0. The molecule has 0 amide bonds. The standard InChI is InChI=1S/HNO3.6NO3.U/c7*2-1(3)4;/h(H,2,3,4);;;;;;;/q;6*-1;+6. The molecule has 0 aromatic carbocycles. The average molecular weight is 673 g/mol. The van der Waals surface area contributed by atoms with E-state index in [9.17, 15) is 0 Å². The average Bonchev–Trinajstić information content (AvgIpc) is 2.20. The molecule has 0 aliphatic carbocycles. The van der Waals surface area contributed by atoms with Crippen LogP contribution in [0.15, 0.2) is 0 Å². The fourth-order valence-corrected chi connectivity index (χ4v) is 0. The van der Waals surface area contributed by atoms with Gasteiger partial charge in [0.25, 0.3) is 5.09 Å². The minimum absolute atomic E-state index is 0. The fraction of sp³-hybridized carbons (Fsp3) is 0. The van der Waals surface area contributed by atoms with Crippen LogP contribution < -0.4 is 0 Å². The molecule has 0 unspecified atom stereocenters. The number of hydrogen-bond donors (Lipinski definition) is 1. The maximum Gasteiger partial charge on any atom is 6.00 e. The van der Waals surface area contributed by atoms with E-state index in [1.165, 1.54) is 0 Å². The molecule has 29 heteroatoms. The van der Waals surface area contributed by atoms with E-state index in [4.69, 9.17) is 107 Å². The van der Waals surface area contributed by atoms with Crippen LogP contribution in [0.5, 0.6) is 0 Å². The van der Waals surface area contributed by atoms with Gasteiger partial charge >= 0.3 is 31.1 Å². The molecule has 0 aromatic rings. The Morgan fingerprint density at radius 3 is 0.345 bits per heavy atom. The third-order valence-corrected chi connectivity index (χ3v) is 0. The summed E-state index contributed by atoms with van der Waals surface area (Å²) >= 11 is 0. The van der Waals surface area contributed by atoms with Gasteiger partial charge in [0.2, 0.25) is 0 Å². The molecule has 0 saturated heterocycles. The first kappa shape index (κ1) is 49.7. The van der Waals surface area contributed by atoms with Gasteiger partial charge in [-0.15, -0.1) is 10.1 Å². The van der Waals surface area contributed by atoms with Crippen molar-refractivity contribution in [2.75, 3.05) is 0 Å². The van der Waals surface area contributed by atoms with Gasteiger partial charge < -0.3 is 97.1 Å². The molecule has 0 aliphatic rings. The van der Waals surface area contributed by atoms with Crippen molar-refractivity contribution in [1.82, 2.24) is 0 Å². The van der Waals surface area contributed by atoms with Crippen molar-refractivity contribution in [3.8, 4) is 0 Å². The molecule has 0 fully saturated rings. The zero-order chi connectivity index (χ0) is 25.0. The Kier molecular flexibility index (Phi) is 74.8. The van der Waals surface area contributed by atoms with Gasteiger partial charge in [0, 0.05) is 0 Å². The van der Waals surface area contributed by atoms with Gasteiger partial charge in [-0.2, -0.15) is 0 Å². The van der Waals surface area contributed by atoms with Crippen LogP contribution in [0.1, 0.15) is 0 Å².